The van der Waals surface area contributed by atoms with Gasteiger partial charge in [-0.15, -0.1) is 0 Å². The molecule has 0 radical (unpaired) electrons. The van der Waals surface area contributed by atoms with E-state index in [1.165, 1.54) is 0 Å². The molecule has 2 N–H and O–H groups in total. The molecule has 2 aliphatic heterocycles. The van der Waals surface area contributed by atoms with Crippen LogP contribution in [0.5, 0.6) is 0 Å². The minimum absolute atomic E-state index is 0.120. The largest absolute Gasteiger partial charge is 0.440 e. The average molecular weight is 457 g/mol. The van der Waals surface area contributed by atoms with E-state index in [0.717, 1.165) is 36.6 Å². The molecule has 0 amide bonds. The summed E-state index contributed by atoms with van der Waals surface area (Å²) in [6.07, 6.45) is 4.61. The first-order valence-electron chi connectivity index (χ1n) is 9.96. The van der Waals surface area contributed by atoms with Crippen molar-refractivity contribution in [2.45, 2.75) is 49.8 Å². The molecule has 5 nitrogen and oxygen atoms in total. The second kappa shape index (κ2) is 7.58. The van der Waals surface area contributed by atoms with E-state index in [4.69, 9.17) is 10.5 Å². The summed E-state index contributed by atoms with van der Waals surface area (Å²) in [6, 6.07) is 14.5. The summed E-state index contributed by atoms with van der Waals surface area (Å²) in [5.74, 6) is -0.277. The molecule has 2 bridgehead atoms. The minimum Gasteiger partial charge on any atom is -0.440 e. The van der Waals surface area contributed by atoms with Gasteiger partial charge in [0, 0.05) is 40.5 Å². The summed E-state index contributed by atoms with van der Waals surface area (Å²) in [4.78, 5) is 28.0. The van der Waals surface area contributed by atoms with Gasteiger partial charge in [0.05, 0.1) is 5.56 Å². The lowest BCUT2D eigenvalue weighted by atomic mass is 9.82. The molecule has 152 valence electrons. The molecule has 2 saturated heterocycles. The molecule has 0 aromatic heterocycles. The quantitative estimate of drug-likeness (QED) is 0.397. The number of piperidine rings is 1. The van der Waals surface area contributed by atoms with Crippen molar-refractivity contribution in [1.29, 1.82) is 0 Å². The lowest BCUT2D eigenvalue weighted by molar-refractivity contribution is -0.137. The van der Waals surface area contributed by atoms with Gasteiger partial charge in [0.15, 0.2) is 11.5 Å². The van der Waals surface area contributed by atoms with Crippen LogP contribution < -0.4 is 5.73 Å². The molecule has 0 aliphatic carbocycles. The lowest BCUT2D eigenvalue weighted by Crippen LogP contribution is -2.57. The molecule has 0 unspecified atom stereocenters. The highest BCUT2D eigenvalue weighted by atomic mass is 79.9. The standard InChI is InChI=1S/C23H25BrN2O3/c1-26-22(15-20(27)16-6-4-7-17(24)14-16)10-5-11-23(26,13-12-22)29-21(28)18-8-2-3-9-19(18)25/h2-4,6-9,14H,5,10-13,15,25H2,1H3/t22-,23-/m0/s1. The van der Waals surface area contributed by atoms with E-state index in [0.29, 0.717) is 23.2 Å². The van der Waals surface area contributed by atoms with E-state index >= 15 is 0 Å². The normalized spacial score (nSPS) is 26.3. The molecule has 4 rings (SSSR count). The third-order valence-corrected chi connectivity index (χ3v) is 7.11. The van der Waals surface area contributed by atoms with Crippen LogP contribution in [0, 0.1) is 0 Å². The Kier molecular flexibility index (Phi) is 5.25. The highest BCUT2D eigenvalue weighted by Gasteiger charge is 2.58. The number of nitrogens with zero attached hydrogens (tertiary/aromatic N) is 1. The number of hydrogen-bond acceptors (Lipinski definition) is 5. The molecule has 2 aliphatic rings. The predicted octanol–water partition coefficient (Wildman–Crippen LogP) is 4.81. The Morgan fingerprint density at radius 2 is 1.90 bits per heavy atom. The van der Waals surface area contributed by atoms with Gasteiger partial charge in [-0.05, 0) is 50.6 Å². The summed E-state index contributed by atoms with van der Waals surface area (Å²) in [6.45, 7) is 0. The SMILES string of the molecule is CN1[C@@]2(CC(=O)c3cccc(Br)c3)CCC[C@]1(OC(=O)c1ccccc1N)CC2. The Bertz CT molecular complexity index is 963. The zero-order valence-electron chi connectivity index (χ0n) is 16.5. The average Bonchev–Trinajstić information content (AvgIpc) is 2.84. The number of Topliss-reactive ketones (excluding diaryl/α,β-unsaturated/α-hetero) is 1. The minimum atomic E-state index is -0.671. The smallest absolute Gasteiger partial charge is 0.342 e. The molecule has 0 saturated carbocycles. The molecule has 2 aromatic carbocycles. The Hall–Kier alpha value is -2.18. The number of para-hydroxylation sites is 1. The van der Waals surface area contributed by atoms with Crippen LogP contribution >= 0.6 is 15.9 Å². The number of rotatable bonds is 5. The fourth-order valence-electron chi connectivity index (χ4n) is 4.91. The number of benzene rings is 2. The van der Waals surface area contributed by atoms with E-state index < -0.39 is 11.7 Å². The van der Waals surface area contributed by atoms with Crippen molar-refractivity contribution in [2.24, 2.45) is 0 Å². The van der Waals surface area contributed by atoms with Gasteiger partial charge < -0.3 is 10.5 Å². The van der Waals surface area contributed by atoms with Crippen LogP contribution in [0.4, 0.5) is 5.69 Å². The third-order valence-electron chi connectivity index (χ3n) is 6.61. The maximum Gasteiger partial charge on any atom is 0.342 e. The fourth-order valence-corrected chi connectivity index (χ4v) is 5.31. The monoisotopic (exact) mass is 456 g/mol. The molecular formula is C23H25BrN2O3. The van der Waals surface area contributed by atoms with Crippen molar-refractivity contribution in [3.63, 3.8) is 0 Å². The number of hydrogen-bond donors (Lipinski definition) is 1. The number of nitrogen functional groups attached to an aromatic ring is 1. The first kappa shape index (κ1) is 20.1. The van der Waals surface area contributed by atoms with Crippen molar-refractivity contribution >= 4 is 33.4 Å². The van der Waals surface area contributed by atoms with Crippen LogP contribution in [0.15, 0.2) is 53.0 Å². The topological polar surface area (TPSA) is 72.6 Å². The second-order valence-corrected chi connectivity index (χ2v) is 9.09. The van der Waals surface area contributed by atoms with Crippen LogP contribution in [-0.2, 0) is 4.74 Å². The third kappa shape index (κ3) is 3.60. The van der Waals surface area contributed by atoms with Gasteiger partial charge in [0.1, 0.15) is 0 Å². The number of carbonyl (C=O) groups excluding carboxylic acids is 2. The molecule has 29 heavy (non-hydrogen) atoms. The zero-order chi connectivity index (χ0) is 20.6. The number of esters is 1. The molecule has 2 atom stereocenters. The Balaban J connectivity index is 1.55. The number of ether oxygens (including phenoxy) is 1. The van der Waals surface area contributed by atoms with E-state index in [1.807, 2.05) is 31.3 Å². The maximum atomic E-state index is 13.0. The van der Waals surface area contributed by atoms with Gasteiger partial charge in [0.25, 0.3) is 0 Å². The number of ketones is 1. The van der Waals surface area contributed by atoms with E-state index in [2.05, 4.69) is 20.8 Å². The van der Waals surface area contributed by atoms with E-state index in [9.17, 15) is 9.59 Å². The van der Waals surface area contributed by atoms with Gasteiger partial charge in [-0.1, -0.05) is 40.2 Å². The van der Waals surface area contributed by atoms with Crippen LogP contribution in [0.25, 0.3) is 0 Å². The highest BCUT2D eigenvalue weighted by Crippen LogP contribution is 2.52. The summed E-state index contributed by atoms with van der Waals surface area (Å²) >= 11 is 3.44. The summed E-state index contributed by atoms with van der Waals surface area (Å²) in [5, 5.41) is 0. The van der Waals surface area contributed by atoms with Gasteiger partial charge >= 0.3 is 5.97 Å². The Morgan fingerprint density at radius 3 is 2.66 bits per heavy atom. The molecule has 6 heteroatoms. The van der Waals surface area contributed by atoms with Crippen LogP contribution in [-0.4, -0.2) is 35.0 Å². The number of fused-ring (bicyclic) bond motifs is 2. The lowest BCUT2D eigenvalue weighted by Gasteiger charge is -2.48. The molecule has 2 fully saturated rings. The van der Waals surface area contributed by atoms with Crippen molar-refractivity contribution in [1.82, 2.24) is 4.90 Å². The van der Waals surface area contributed by atoms with Crippen molar-refractivity contribution < 1.29 is 14.3 Å². The first-order valence-corrected chi connectivity index (χ1v) is 10.8. The number of carbonyl (C=O) groups is 2. The first-order chi connectivity index (χ1) is 13.9. The van der Waals surface area contributed by atoms with Crippen molar-refractivity contribution in [3.05, 3.63) is 64.1 Å². The van der Waals surface area contributed by atoms with E-state index in [-0.39, 0.29) is 11.3 Å². The number of anilines is 1. The Morgan fingerprint density at radius 1 is 1.10 bits per heavy atom. The molecule has 0 spiro atoms. The number of nitrogens with two attached hydrogens (primary N) is 1. The summed E-state index contributed by atoms with van der Waals surface area (Å²) in [7, 11) is 1.99. The van der Waals surface area contributed by atoms with Gasteiger partial charge in [-0.2, -0.15) is 0 Å². The van der Waals surface area contributed by atoms with Crippen molar-refractivity contribution in [3.8, 4) is 0 Å². The maximum absolute atomic E-state index is 13.0. The number of halogens is 1. The van der Waals surface area contributed by atoms with Crippen LogP contribution in [0.2, 0.25) is 0 Å². The summed E-state index contributed by atoms with van der Waals surface area (Å²) < 4.78 is 6.96. The van der Waals surface area contributed by atoms with E-state index in [1.54, 1.807) is 24.3 Å². The zero-order valence-corrected chi connectivity index (χ0v) is 18.1. The van der Waals surface area contributed by atoms with Crippen LogP contribution in [0.3, 0.4) is 0 Å². The molecule has 2 heterocycles. The highest BCUT2D eigenvalue weighted by molar-refractivity contribution is 9.10. The fraction of sp³-hybridized carbons (Fsp3) is 0.391. The second-order valence-electron chi connectivity index (χ2n) is 8.17. The van der Waals surface area contributed by atoms with Gasteiger partial charge in [0.2, 0.25) is 0 Å². The Labute approximate surface area is 179 Å². The molecule has 2 aromatic rings. The summed E-state index contributed by atoms with van der Waals surface area (Å²) in [5.41, 5.74) is 6.53. The van der Waals surface area contributed by atoms with Crippen LogP contribution in [0.1, 0.15) is 59.2 Å². The van der Waals surface area contributed by atoms with Crippen molar-refractivity contribution in [2.75, 3.05) is 12.8 Å². The predicted molar refractivity (Wildman–Crippen MR) is 116 cm³/mol. The molecular weight excluding hydrogens is 432 g/mol. The van der Waals surface area contributed by atoms with Gasteiger partial charge in [-0.3, -0.25) is 9.69 Å². The van der Waals surface area contributed by atoms with Gasteiger partial charge in [-0.25, -0.2) is 4.79 Å².